The SMILES string of the molecule is C[C@H]1O[C@@H](n2c(N[C@H]3CC[C@](C)(O)CC3)nc3c(OCc4ccc(Cl)cc4)ncnc32)[C@H](O)[C@@H]1O. The molecule has 1 aliphatic carbocycles. The number of ether oxygens (including phenoxy) is 2. The molecule has 35 heavy (non-hydrogen) atoms. The number of hydrogen-bond acceptors (Lipinski definition) is 9. The average molecular weight is 504 g/mol. The number of nitrogens with one attached hydrogen (secondary N) is 1. The van der Waals surface area contributed by atoms with Crippen molar-refractivity contribution in [2.75, 3.05) is 5.32 Å². The topological polar surface area (TPSA) is 135 Å². The van der Waals surface area contributed by atoms with Crippen LogP contribution in [0.25, 0.3) is 11.2 Å². The van der Waals surface area contributed by atoms with E-state index in [0.29, 0.717) is 40.9 Å². The summed E-state index contributed by atoms with van der Waals surface area (Å²) in [6.07, 6.45) is 0.563. The van der Waals surface area contributed by atoms with Gasteiger partial charge >= 0.3 is 0 Å². The molecule has 1 aliphatic heterocycles. The van der Waals surface area contributed by atoms with Gasteiger partial charge in [-0.2, -0.15) is 4.98 Å². The predicted molar refractivity (Wildman–Crippen MR) is 129 cm³/mol. The van der Waals surface area contributed by atoms with Gasteiger partial charge in [0.05, 0.1) is 11.7 Å². The first-order valence-corrected chi connectivity index (χ1v) is 12.2. The van der Waals surface area contributed by atoms with E-state index in [2.05, 4.69) is 15.3 Å². The molecule has 188 valence electrons. The van der Waals surface area contributed by atoms with Crippen LogP contribution < -0.4 is 10.1 Å². The van der Waals surface area contributed by atoms with Crippen LogP contribution in [0.2, 0.25) is 5.02 Å². The van der Waals surface area contributed by atoms with Crippen LogP contribution in [-0.4, -0.2) is 64.8 Å². The maximum atomic E-state index is 10.7. The van der Waals surface area contributed by atoms with E-state index in [1.165, 1.54) is 6.33 Å². The van der Waals surface area contributed by atoms with Gasteiger partial charge in [-0.3, -0.25) is 4.57 Å². The molecule has 3 heterocycles. The van der Waals surface area contributed by atoms with Crippen molar-refractivity contribution in [2.45, 2.75) is 82.3 Å². The summed E-state index contributed by atoms with van der Waals surface area (Å²) < 4.78 is 13.6. The monoisotopic (exact) mass is 503 g/mol. The van der Waals surface area contributed by atoms with E-state index in [-0.39, 0.29) is 12.6 Å². The maximum Gasteiger partial charge on any atom is 0.245 e. The maximum absolute atomic E-state index is 10.7. The van der Waals surface area contributed by atoms with E-state index in [9.17, 15) is 15.3 Å². The van der Waals surface area contributed by atoms with Crippen molar-refractivity contribution < 1.29 is 24.8 Å². The fourth-order valence-electron chi connectivity index (χ4n) is 4.68. The van der Waals surface area contributed by atoms with E-state index in [4.69, 9.17) is 26.1 Å². The molecule has 0 radical (unpaired) electrons. The second-order valence-electron chi connectivity index (χ2n) is 9.70. The lowest BCUT2D eigenvalue weighted by Crippen LogP contribution is -2.37. The van der Waals surface area contributed by atoms with Gasteiger partial charge in [0, 0.05) is 11.1 Å². The zero-order valence-electron chi connectivity index (χ0n) is 19.6. The number of aliphatic hydroxyl groups is 3. The van der Waals surface area contributed by atoms with Crippen LogP contribution in [0.1, 0.15) is 51.3 Å². The first-order valence-electron chi connectivity index (χ1n) is 11.8. The predicted octanol–water partition coefficient (Wildman–Crippen LogP) is 2.80. The van der Waals surface area contributed by atoms with E-state index in [1.807, 2.05) is 19.1 Å². The molecule has 4 N–H and O–H groups in total. The fourth-order valence-corrected chi connectivity index (χ4v) is 4.80. The van der Waals surface area contributed by atoms with Gasteiger partial charge in [-0.1, -0.05) is 23.7 Å². The minimum atomic E-state index is -1.16. The van der Waals surface area contributed by atoms with E-state index in [1.54, 1.807) is 23.6 Å². The van der Waals surface area contributed by atoms with Crippen molar-refractivity contribution in [3.05, 3.63) is 41.2 Å². The van der Waals surface area contributed by atoms with Gasteiger partial charge in [-0.15, -0.1) is 0 Å². The van der Waals surface area contributed by atoms with Crippen LogP contribution in [0.3, 0.4) is 0 Å². The third-order valence-electron chi connectivity index (χ3n) is 6.86. The molecule has 0 amide bonds. The van der Waals surface area contributed by atoms with Crippen LogP contribution in [0.15, 0.2) is 30.6 Å². The van der Waals surface area contributed by atoms with Crippen molar-refractivity contribution in [3.63, 3.8) is 0 Å². The van der Waals surface area contributed by atoms with Crippen molar-refractivity contribution in [1.82, 2.24) is 19.5 Å². The summed E-state index contributed by atoms with van der Waals surface area (Å²) in [6, 6.07) is 7.39. The first-order chi connectivity index (χ1) is 16.7. The Hall–Kier alpha value is -2.50. The number of benzene rings is 1. The summed E-state index contributed by atoms with van der Waals surface area (Å²) in [5, 5.41) is 35.5. The Morgan fingerprint density at radius 1 is 1.17 bits per heavy atom. The lowest BCUT2D eigenvalue weighted by Gasteiger charge is -2.34. The molecule has 11 heteroatoms. The van der Waals surface area contributed by atoms with Gasteiger partial charge < -0.3 is 30.1 Å². The minimum Gasteiger partial charge on any atom is -0.471 e. The van der Waals surface area contributed by atoms with E-state index >= 15 is 0 Å². The number of aromatic nitrogens is 4. The molecule has 0 unspecified atom stereocenters. The Balaban J connectivity index is 1.48. The fraction of sp³-hybridized carbons (Fsp3) is 0.542. The van der Waals surface area contributed by atoms with Crippen molar-refractivity contribution >= 4 is 28.7 Å². The van der Waals surface area contributed by atoms with Gasteiger partial charge in [-0.25, -0.2) is 9.97 Å². The molecule has 1 saturated carbocycles. The number of anilines is 1. The Labute approximate surface area is 207 Å². The number of imidazole rings is 1. The number of rotatable bonds is 6. The summed E-state index contributed by atoms with van der Waals surface area (Å²) in [5.41, 5.74) is 1.08. The van der Waals surface area contributed by atoms with Crippen molar-refractivity contribution in [2.24, 2.45) is 0 Å². The van der Waals surface area contributed by atoms with Crippen LogP contribution in [0.4, 0.5) is 5.95 Å². The highest BCUT2D eigenvalue weighted by atomic mass is 35.5. The molecule has 0 spiro atoms. The Bertz CT molecular complexity index is 1180. The van der Waals surface area contributed by atoms with E-state index < -0.39 is 30.1 Å². The number of aliphatic hydroxyl groups excluding tert-OH is 2. The lowest BCUT2D eigenvalue weighted by atomic mass is 9.84. The molecule has 3 aromatic rings. The van der Waals surface area contributed by atoms with Crippen LogP contribution in [0, 0.1) is 0 Å². The zero-order valence-corrected chi connectivity index (χ0v) is 20.4. The van der Waals surface area contributed by atoms with Crippen LogP contribution >= 0.6 is 11.6 Å². The molecule has 1 saturated heterocycles. The minimum absolute atomic E-state index is 0.0677. The number of halogens is 1. The summed E-state index contributed by atoms with van der Waals surface area (Å²) in [6.45, 7) is 3.82. The Morgan fingerprint density at radius 2 is 1.89 bits per heavy atom. The highest BCUT2D eigenvalue weighted by Crippen LogP contribution is 2.37. The molecule has 5 rings (SSSR count). The standard InChI is InChI=1S/C24H30ClN5O5/c1-13-18(31)19(32)22(35-13)30-20-17(29-23(30)28-16-7-9-24(2,33)10-8-16)21(27-12-26-20)34-11-14-3-5-15(25)6-4-14/h3-6,12-13,16,18-19,22,31-33H,7-11H2,1-2H3,(H,28,29)/t13-,16-,18-,19-,22-,24-/m1/s1. The normalized spacial score (nSPS) is 31.1. The van der Waals surface area contributed by atoms with Gasteiger partial charge in [0.25, 0.3) is 0 Å². The third-order valence-corrected chi connectivity index (χ3v) is 7.11. The highest BCUT2D eigenvalue weighted by molar-refractivity contribution is 6.30. The van der Waals surface area contributed by atoms with Gasteiger partial charge in [0.1, 0.15) is 25.1 Å². The first kappa shape index (κ1) is 24.2. The third kappa shape index (κ3) is 4.94. The molecule has 2 fully saturated rings. The lowest BCUT2D eigenvalue weighted by molar-refractivity contribution is -0.0289. The number of nitrogens with zero attached hydrogens (tertiary/aromatic N) is 4. The molecular weight excluding hydrogens is 474 g/mol. The molecule has 0 bridgehead atoms. The average Bonchev–Trinajstić information content (AvgIpc) is 3.32. The second-order valence-corrected chi connectivity index (χ2v) is 10.1. The molecule has 1 aromatic carbocycles. The second kappa shape index (κ2) is 9.51. The summed E-state index contributed by atoms with van der Waals surface area (Å²) in [4.78, 5) is 13.4. The highest BCUT2D eigenvalue weighted by Gasteiger charge is 2.43. The number of fused-ring (bicyclic) bond motifs is 1. The Morgan fingerprint density at radius 3 is 2.54 bits per heavy atom. The molecule has 10 nitrogen and oxygen atoms in total. The summed E-state index contributed by atoms with van der Waals surface area (Å²) in [5.74, 6) is 0.730. The zero-order chi connectivity index (χ0) is 24.7. The number of hydrogen-bond donors (Lipinski definition) is 4. The molecular formula is C24H30ClN5O5. The van der Waals surface area contributed by atoms with Gasteiger partial charge in [0.2, 0.25) is 11.8 Å². The van der Waals surface area contributed by atoms with Crippen molar-refractivity contribution in [3.8, 4) is 5.88 Å². The molecule has 2 aromatic heterocycles. The summed E-state index contributed by atoms with van der Waals surface area (Å²) >= 11 is 5.97. The Kier molecular flexibility index (Phi) is 6.58. The van der Waals surface area contributed by atoms with Crippen LogP contribution in [0.5, 0.6) is 5.88 Å². The molecule has 2 aliphatic rings. The molecule has 4 atom stereocenters. The smallest absolute Gasteiger partial charge is 0.245 e. The largest absolute Gasteiger partial charge is 0.471 e. The van der Waals surface area contributed by atoms with E-state index in [0.717, 1.165) is 18.4 Å². The van der Waals surface area contributed by atoms with Gasteiger partial charge in [0.15, 0.2) is 17.4 Å². The quantitative estimate of drug-likeness (QED) is 0.400. The summed E-state index contributed by atoms with van der Waals surface area (Å²) in [7, 11) is 0. The van der Waals surface area contributed by atoms with Gasteiger partial charge in [-0.05, 0) is 57.2 Å². The van der Waals surface area contributed by atoms with Crippen molar-refractivity contribution in [1.29, 1.82) is 0 Å². The van der Waals surface area contributed by atoms with Crippen LogP contribution in [-0.2, 0) is 11.3 Å².